The van der Waals surface area contributed by atoms with Gasteiger partial charge in [-0.15, -0.1) is 0 Å². The summed E-state index contributed by atoms with van der Waals surface area (Å²) in [7, 11) is 2.03. The summed E-state index contributed by atoms with van der Waals surface area (Å²) >= 11 is 0. The average Bonchev–Trinajstić information content (AvgIpc) is 2.48. The summed E-state index contributed by atoms with van der Waals surface area (Å²) in [6, 6.07) is 10.8. The molecule has 0 bridgehead atoms. The number of benzene rings is 1. The highest BCUT2D eigenvalue weighted by Gasteiger charge is 2.29. The lowest BCUT2D eigenvalue weighted by Gasteiger charge is -2.35. The van der Waals surface area contributed by atoms with Gasteiger partial charge in [0.05, 0.1) is 0 Å². The molecule has 1 heterocycles. The Labute approximate surface area is 126 Å². The molecule has 1 N–H and O–H groups in total. The summed E-state index contributed by atoms with van der Waals surface area (Å²) in [6.45, 7) is 4.34. The molecule has 3 heteroatoms. The van der Waals surface area contributed by atoms with E-state index in [0.717, 1.165) is 34.7 Å². The summed E-state index contributed by atoms with van der Waals surface area (Å²) in [5.41, 5.74) is 2.01. The number of hydrogen-bond acceptors (Lipinski definition) is 3. The van der Waals surface area contributed by atoms with Crippen molar-refractivity contribution in [1.82, 2.24) is 10.3 Å². The number of aromatic nitrogens is 1. The highest BCUT2D eigenvalue weighted by atomic mass is 16.5. The Morgan fingerprint density at radius 3 is 2.86 bits per heavy atom. The van der Waals surface area contributed by atoms with E-state index in [9.17, 15) is 0 Å². The van der Waals surface area contributed by atoms with Crippen LogP contribution in [0.1, 0.15) is 31.9 Å². The Bertz CT molecular complexity index is 626. The Balaban J connectivity index is 1.91. The Kier molecular flexibility index (Phi) is 4.11. The second kappa shape index (κ2) is 6.02. The molecule has 0 aliphatic heterocycles. The van der Waals surface area contributed by atoms with E-state index in [1.165, 1.54) is 12.8 Å². The van der Waals surface area contributed by atoms with Crippen molar-refractivity contribution in [2.75, 3.05) is 7.05 Å². The maximum atomic E-state index is 6.37. The first-order valence-corrected chi connectivity index (χ1v) is 7.87. The molecule has 1 aliphatic carbocycles. The minimum absolute atomic E-state index is 0.228. The van der Waals surface area contributed by atoms with Crippen LogP contribution in [0, 0.1) is 12.8 Å². The Hall–Kier alpha value is -1.61. The maximum Gasteiger partial charge on any atom is 0.146 e. The van der Waals surface area contributed by atoms with E-state index in [2.05, 4.69) is 35.4 Å². The Morgan fingerprint density at radius 1 is 1.19 bits per heavy atom. The molecule has 1 aromatic carbocycles. The maximum absolute atomic E-state index is 6.37. The van der Waals surface area contributed by atoms with Gasteiger partial charge in [-0.25, -0.2) is 4.98 Å². The van der Waals surface area contributed by atoms with Crippen LogP contribution in [0.4, 0.5) is 0 Å². The molecule has 2 aromatic rings. The first kappa shape index (κ1) is 14.3. The lowest BCUT2D eigenvalue weighted by Crippen LogP contribution is -2.45. The summed E-state index contributed by atoms with van der Waals surface area (Å²) in [6.07, 6.45) is 3.79. The first-order chi connectivity index (χ1) is 10.2. The second-order valence-electron chi connectivity index (χ2n) is 6.25. The van der Waals surface area contributed by atoms with Crippen molar-refractivity contribution in [1.29, 1.82) is 0 Å². The molecule has 3 unspecified atom stereocenters. The zero-order valence-electron chi connectivity index (χ0n) is 13.1. The van der Waals surface area contributed by atoms with Crippen LogP contribution in [0.25, 0.3) is 10.9 Å². The van der Waals surface area contributed by atoms with Gasteiger partial charge in [-0.05, 0) is 51.3 Å². The molecule has 0 spiro atoms. The quantitative estimate of drug-likeness (QED) is 0.933. The van der Waals surface area contributed by atoms with Crippen molar-refractivity contribution < 1.29 is 4.74 Å². The number of aryl methyl sites for hydroxylation is 1. The minimum atomic E-state index is 0.228. The van der Waals surface area contributed by atoms with E-state index in [1.54, 1.807) is 0 Å². The van der Waals surface area contributed by atoms with Crippen LogP contribution in [0.5, 0.6) is 5.75 Å². The topological polar surface area (TPSA) is 34.1 Å². The fraction of sp³-hybridized carbons (Fsp3) is 0.500. The van der Waals surface area contributed by atoms with Gasteiger partial charge < -0.3 is 10.1 Å². The third kappa shape index (κ3) is 3.03. The third-order valence-electron chi connectivity index (χ3n) is 4.53. The third-order valence-corrected chi connectivity index (χ3v) is 4.53. The minimum Gasteiger partial charge on any atom is -0.487 e. The number of para-hydroxylation sites is 1. The van der Waals surface area contributed by atoms with E-state index in [0.29, 0.717) is 6.04 Å². The molecule has 112 valence electrons. The zero-order valence-corrected chi connectivity index (χ0v) is 13.1. The van der Waals surface area contributed by atoms with E-state index in [4.69, 9.17) is 4.74 Å². The van der Waals surface area contributed by atoms with Gasteiger partial charge in [0.15, 0.2) is 0 Å². The zero-order chi connectivity index (χ0) is 14.8. The van der Waals surface area contributed by atoms with Crippen LogP contribution < -0.4 is 10.1 Å². The van der Waals surface area contributed by atoms with Crippen molar-refractivity contribution in [3.63, 3.8) is 0 Å². The van der Waals surface area contributed by atoms with E-state index in [1.807, 2.05) is 26.1 Å². The summed E-state index contributed by atoms with van der Waals surface area (Å²) in [5.74, 6) is 1.64. The van der Waals surface area contributed by atoms with Crippen LogP contribution in [-0.4, -0.2) is 24.2 Å². The lowest BCUT2D eigenvalue weighted by molar-refractivity contribution is 0.0956. The normalized spacial score (nSPS) is 26.0. The van der Waals surface area contributed by atoms with Gasteiger partial charge in [-0.1, -0.05) is 25.1 Å². The molecule has 1 aliphatic rings. The highest BCUT2D eigenvalue weighted by molar-refractivity contribution is 5.84. The van der Waals surface area contributed by atoms with Crippen molar-refractivity contribution in [3.8, 4) is 5.75 Å². The smallest absolute Gasteiger partial charge is 0.146 e. The van der Waals surface area contributed by atoms with Crippen LogP contribution in [0.2, 0.25) is 0 Å². The summed E-state index contributed by atoms with van der Waals surface area (Å²) < 4.78 is 6.37. The van der Waals surface area contributed by atoms with Crippen LogP contribution in [-0.2, 0) is 0 Å². The van der Waals surface area contributed by atoms with Crippen LogP contribution in [0.15, 0.2) is 30.3 Å². The highest BCUT2D eigenvalue weighted by Crippen LogP contribution is 2.31. The van der Waals surface area contributed by atoms with Crippen LogP contribution in [0.3, 0.4) is 0 Å². The average molecular weight is 284 g/mol. The van der Waals surface area contributed by atoms with Crippen molar-refractivity contribution in [2.24, 2.45) is 5.92 Å². The molecule has 1 fully saturated rings. The van der Waals surface area contributed by atoms with Crippen molar-refractivity contribution in [3.05, 3.63) is 36.0 Å². The molecule has 1 aromatic heterocycles. The van der Waals surface area contributed by atoms with E-state index < -0.39 is 0 Å². The number of nitrogens with one attached hydrogen (secondary N) is 1. The molecule has 3 atom stereocenters. The van der Waals surface area contributed by atoms with Gasteiger partial charge in [0, 0.05) is 17.1 Å². The monoisotopic (exact) mass is 284 g/mol. The number of hydrogen-bond donors (Lipinski definition) is 1. The van der Waals surface area contributed by atoms with E-state index in [-0.39, 0.29) is 6.10 Å². The number of rotatable bonds is 3. The number of fused-ring (bicyclic) bond motifs is 1. The van der Waals surface area contributed by atoms with Gasteiger partial charge in [0.2, 0.25) is 0 Å². The van der Waals surface area contributed by atoms with E-state index >= 15 is 0 Å². The van der Waals surface area contributed by atoms with Crippen LogP contribution >= 0.6 is 0 Å². The molecule has 1 saturated carbocycles. The van der Waals surface area contributed by atoms with Crippen molar-refractivity contribution in [2.45, 2.75) is 45.3 Å². The number of ether oxygens (including phenoxy) is 1. The first-order valence-electron chi connectivity index (χ1n) is 7.87. The molecule has 21 heavy (non-hydrogen) atoms. The lowest BCUT2D eigenvalue weighted by atomic mass is 9.85. The van der Waals surface area contributed by atoms with Gasteiger partial charge in [-0.3, -0.25) is 0 Å². The van der Waals surface area contributed by atoms with Gasteiger partial charge in [0.25, 0.3) is 0 Å². The molecule has 0 radical (unpaired) electrons. The molecule has 0 saturated heterocycles. The van der Waals surface area contributed by atoms with Crippen molar-refractivity contribution >= 4 is 10.9 Å². The predicted molar refractivity (Wildman–Crippen MR) is 86.8 cm³/mol. The molecular formula is C18H24N2O. The molecule has 3 nitrogen and oxygen atoms in total. The Morgan fingerprint density at radius 2 is 2.05 bits per heavy atom. The molecule has 0 amide bonds. The fourth-order valence-electron chi connectivity index (χ4n) is 3.26. The summed E-state index contributed by atoms with van der Waals surface area (Å²) in [4.78, 5) is 4.67. The second-order valence-corrected chi connectivity index (χ2v) is 6.25. The largest absolute Gasteiger partial charge is 0.487 e. The number of likely N-dealkylation sites (N-methyl/N-ethyl adjacent to an activating group) is 1. The van der Waals surface area contributed by atoms with Gasteiger partial charge in [-0.2, -0.15) is 0 Å². The number of nitrogens with zero attached hydrogens (tertiary/aromatic N) is 1. The van der Waals surface area contributed by atoms with Gasteiger partial charge in [0.1, 0.15) is 17.4 Å². The number of pyridine rings is 1. The van der Waals surface area contributed by atoms with Gasteiger partial charge >= 0.3 is 0 Å². The standard InChI is InChI=1S/C18H24N2O/c1-12-7-10-15(19-3)17(11-12)21-16-6-4-5-14-9-8-13(2)20-18(14)16/h4-6,8-9,12,15,17,19H,7,10-11H2,1-3H3. The fourth-order valence-corrected chi connectivity index (χ4v) is 3.26. The summed E-state index contributed by atoms with van der Waals surface area (Å²) in [5, 5.41) is 4.55. The predicted octanol–water partition coefficient (Wildman–Crippen LogP) is 3.70. The SMILES string of the molecule is CNC1CCC(C)CC1Oc1cccc2ccc(C)nc12. The molecule has 3 rings (SSSR count). The molecular weight excluding hydrogens is 260 g/mol.